The van der Waals surface area contributed by atoms with E-state index in [2.05, 4.69) is 21.3 Å². The highest BCUT2D eigenvalue weighted by Gasteiger charge is 2.49. The highest BCUT2D eigenvalue weighted by atomic mass is 35.5. The first-order valence-corrected chi connectivity index (χ1v) is 31.0. The van der Waals surface area contributed by atoms with Crippen LogP contribution >= 0.6 is 11.6 Å². The lowest BCUT2D eigenvalue weighted by molar-refractivity contribution is -0.149. The zero-order valence-electron chi connectivity index (χ0n) is 52.8. The second-order valence-corrected chi connectivity index (χ2v) is 25.5. The Morgan fingerprint density at radius 1 is 0.667 bits per heavy atom. The van der Waals surface area contributed by atoms with Crippen LogP contribution in [0.5, 0.6) is 0 Å². The highest BCUT2D eigenvalue weighted by Crippen LogP contribution is 2.37. The van der Waals surface area contributed by atoms with Crippen LogP contribution in [-0.2, 0) is 65.3 Å². The minimum atomic E-state index is -4.74. The van der Waals surface area contributed by atoms with Crippen molar-refractivity contribution in [3.63, 3.8) is 0 Å². The minimum Gasteiger partial charge on any atom is -0.351 e. The summed E-state index contributed by atoms with van der Waals surface area (Å²) in [5, 5.41) is 10.8. The molecule has 5 rings (SSSR count). The van der Waals surface area contributed by atoms with Crippen molar-refractivity contribution in [2.24, 2.45) is 17.8 Å². The number of carbonyl (C=O) groups is 11. The van der Waals surface area contributed by atoms with Crippen molar-refractivity contribution in [3.05, 3.63) is 34.3 Å². The molecule has 2 saturated carbocycles. The smallest absolute Gasteiger partial charge is 0.351 e. The fourth-order valence-corrected chi connectivity index (χ4v) is 12.7. The van der Waals surface area contributed by atoms with Gasteiger partial charge >= 0.3 is 6.18 Å². The van der Waals surface area contributed by atoms with Crippen LogP contribution in [0.2, 0.25) is 5.02 Å². The second-order valence-electron chi connectivity index (χ2n) is 25.1. The number of likely N-dealkylation sites (N-methyl/N-ethyl adjacent to an activating group) is 6. The van der Waals surface area contributed by atoms with Gasteiger partial charge in [-0.05, 0) is 94.2 Å². The van der Waals surface area contributed by atoms with Crippen molar-refractivity contribution in [3.8, 4) is 0 Å². The summed E-state index contributed by atoms with van der Waals surface area (Å²) in [4.78, 5) is 166. The van der Waals surface area contributed by atoms with Gasteiger partial charge in [0.2, 0.25) is 65.0 Å². The molecule has 0 aromatic heterocycles. The van der Waals surface area contributed by atoms with E-state index in [1.807, 2.05) is 6.92 Å². The Hall–Kier alpha value is -6.53. The molecule has 87 heavy (non-hydrogen) atoms. The topological polar surface area (TPSA) is 259 Å². The van der Waals surface area contributed by atoms with Gasteiger partial charge in [-0.1, -0.05) is 96.7 Å². The van der Waals surface area contributed by atoms with Crippen molar-refractivity contribution in [2.75, 3.05) is 68.5 Å². The van der Waals surface area contributed by atoms with Crippen LogP contribution in [0.3, 0.4) is 0 Å². The quantitative estimate of drug-likeness (QED) is 0.288. The number of hydrogen-bond donors (Lipinski definition) is 4. The van der Waals surface area contributed by atoms with Crippen LogP contribution < -0.4 is 21.3 Å². The van der Waals surface area contributed by atoms with Crippen LogP contribution in [0.4, 0.5) is 13.2 Å². The zero-order chi connectivity index (χ0) is 65.0. The summed E-state index contributed by atoms with van der Waals surface area (Å²) in [6.45, 7) is 8.61. The summed E-state index contributed by atoms with van der Waals surface area (Å²) in [7, 11) is 8.45. The molecule has 22 nitrogen and oxygen atoms in total. The first-order valence-electron chi connectivity index (χ1n) is 30.6. The third-order valence-corrected chi connectivity index (χ3v) is 18.4. The van der Waals surface area contributed by atoms with Crippen molar-refractivity contribution in [1.82, 2.24) is 55.6 Å². The van der Waals surface area contributed by atoms with Gasteiger partial charge < -0.3 is 55.6 Å². The Kier molecular flexibility index (Phi) is 25.4. The van der Waals surface area contributed by atoms with Gasteiger partial charge in [0.15, 0.2) is 0 Å². The number of carbonyl (C=O) groups excluding carboxylic acids is 11. The van der Waals surface area contributed by atoms with Gasteiger partial charge in [0.05, 0.1) is 30.2 Å². The van der Waals surface area contributed by atoms with Crippen LogP contribution in [0.25, 0.3) is 0 Å². The minimum absolute atomic E-state index is 0.0360. The monoisotopic (exact) mass is 1250 g/mol. The summed E-state index contributed by atoms with van der Waals surface area (Å²) in [6, 6.07) is -4.61. The molecule has 26 heteroatoms. The fraction of sp³-hybridized carbons (Fsp3) is 0.721. The molecule has 2 aliphatic heterocycles. The van der Waals surface area contributed by atoms with E-state index in [-0.39, 0.29) is 57.4 Å². The number of fused-ring (bicyclic) bond motifs is 1. The predicted molar refractivity (Wildman–Crippen MR) is 319 cm³/mol. The molecule has 2 saturated heterocycles. The molecule has 486 valence electrons. The van der Waals surface area contributed by atoms with E-state index < -0.39 is 161 Å². The summed E-state index contributed by atoms with van der Waals surface area (Å²) >= 11 is 6.10. The molecule has 1 aromatic rings. The number of nitrogens with one attached hydrogen (secondary N) is 4. The highest BCUT2D eigenvalue weighted by molar-refractivity contribution is 6.31. The Morgan fingerprint density at radius 2 is 1.29 bits per heavy atom. The maximum atomic E-state index is 14.9. The van der Waals surface area contributed by atoms with E-state index in [0.717, 1.165) is 58.9 Å². The number of benzene rings is 1. The van der Waals surface area contributed by atoms with Crippen LogP contribution in [0.15, 0.2) is 18.2 Å². The fourth-order valence-electron chi connectivity index (χ4n) is 12.4. The second kappa shape index (κ2) is 31.1. The first-order chi connectivity index (χ1) is 40.7. The molecule has 0 unspecified atom stereocenters. The van der Waals surface area contributed by atoms with E-state index in [4.69, 9.17) is 11.6 Å². The number of amides is 11. The van der Waals surface area contributed by atoms with E-state index in [0.29, 0.717) is 31.2 Å². The first kappa shape index (κ1) is 71.2. The van der Waals surface area contributed by atoms with Crippen molar-refractivity contribution >= 4 is 76.6 Å². The molecule has 1 aromatic carbocycles. The normalized spacial score (nSPS) is 26.7. The number of nitrogens with zero attached hydrogens (tertiary/aromatic N) is 7. The van der Waals surface area contributed by atoms with E-state index in [9.17, 15) is 65.9 Å². The van der Waals surface area contributed by atoms with Crippen LogP contribution in [0.1, 0.15) is 149 Å². The van der Waals surface area contributed by atoms with Crippen molar-refractivity contribution in [1.29, 1.82) is 0 Å². The van der Waals surface area contributed by atoms with Gasteiger partial charge in [0.1, 0.15) is 41.8 Å². The van der Waals surface area contributed by atoms with Gasteiger partial charge in [-0.3, -0.25) is 52.7 Å². The lowest BCUT2D eigenvalue weighted by Gasteiger charge is -2.39. The molecule has 4 N–H and O–H groups in total. The third-order valence-electron chi connectivity index (χ3n) is 18.1. The maximum absolute atomic E-state index is 14.9. The number of rotatable bonds is 8. The lowest BCUT2D eigenvalue weighted by atomic mass is 9.84. The molecule has 1 spiro atoms. The SMILES string of the molecule is CC[C@H](C)[C@@H]1NC(=O)[C@H](C)N(C)C(=O)C[C@@H](C)NC(=O)[C@H](C(C)C)N(C)C(=O)C2(CCCC2)NC(=O)[C@@H]2CCCN2C(=O)[C@H](CCc2ccc(C(F)(F)F)c(Cl)c2)NC(=O)CN(C)C(=O)[C@H](CC2CCCCC2)N(C)C(=O)CN(C)C(=O)CN(C)C1=O. The molecule has 11 amide bonds. The number of aryl methyl sites for hydroxylation is 1. The third kappa shape index (κ3) is 18.3. The summed E-state index contributed by atoms with van der Waals surface area (Å²) in [5.41, 5.74) is -2.24. The van der Waals surface area contributed by atoms with E-state index in [1.54, 1.807) is 27.7 Å². The summed E-state index contributed by atoms with van der Waals surface area (Å²) in [5.74, 6) is -7.80. The maximum Gasteiger partial charge on any atom is 0.417 e. The van der Waals surface area contributed by atoms with Gasteiger partial charge in [0, 0.05) is 61.3 Å². The number of hydrogen-bond acceptors (Lipinski definition) is 11. The molecule has 2 aliphatic carbocycles. The van der Waals surface area contributed by atoms with Gasteiger partial charge in [0.25, 0.3) is 0 Å². The molecule has 0 bridgehead atoms. The Bertz CT molecular complexity index is 2690. The van der Waals surface area contributed by atoms with Crippen LogP contribution in [0, 0.1) is 17.8 Å². The van der Waals surface area contributed by atoms with E-state index >= 15 is 0 Å². The molecular formula is C61H93ClF3N11O11. The molecular weight excluding hydrogens is 1160 g/mol. The van der Waals surface area contributed by atoms with Crippen molar-refractivity contribution < 1.29 is 65.9 Å². The van der Waals surface area contributed by atoms with Gasteiger partial charge in [-0.2, -0.15) is 13.2 Å². The molecule has 0 radical (unpaired) electrons. The average Bonchev–Trinajstić information content (AvgIpc) is 2.03. The zero-order valence-corrected chi connectivity index (χ0v) is 53.5. The lowest BCUT2D eigenvalue weighted by Crippen LogP contribution is -2.64. The number of halogens is 4. The summed E-state index contributed by atoms with van der Waals surface area (Å²) < 4.78 is 41.2. The van der Waals surface area contributed by atoms with E-state index in [1.165, 1.54) is 74.9 Å². The van der Waals surface area contributed by atoms with Gasteiger partial charge in [-0.15, -0.1) is 0 Å². The Labute approximate surface area is 515 Å². The molecule has 4 fully saturated rings. The summed E-state index contributed by atoms with van der Waals surface area (Å²) in [6.07, 6.45) is 1.86. The molecule has 4 aliphatic rings. The van der Waals surface area contributed by atoms with Crippen molar-refractivity contribution in [2.45, 2.75) is 198 Å². The predicted octanol–water partition coefficient (Wildman–Crippen LogP) is 4.14. The Morgan fingerprint density at radius 3 is 1.89 bits per heavy atom. The molecule has 8 atom stereocenters. The number of alkyl halides is 3. The average molecular weight is 1250 g/mol. The Balaban J connectivity index is 1.52. The van der Waals surface area contributed by atoms with Gasteiger partial charge in [-0.25, -0.2) is 0 Å². The van der Waals surface area contributed by atoms with Crippen LogP contribution in [-0.4, -0.2) is 216 Å². The standard InChI is InChI=1S/C61H93ClF3N11O11/c1-13-37(4)51-58(86)72(9)34-49(79)70(7)35-50(80)74(11)46(32-40-20-15-14-16-21-40)57(85)71(8)33-47(77)67-44(26-24-41-23-25-42(43(62)31-41)61(63,64)65)56(84)76-29-19-22-45(76)54(82)69-60(27-17-18-28-60)59(87)75(12)52(36(2)3)55(83)66-38(5)30-48(78)73(10)39(6)53(81)68-51/h23,25,31,36-40,44-46,51-52H,13-22,24,26-30,32-35H2,1-12H3,(H,66,83)(H,67,77)(H,68,81)(H,69,82)/t37-,38+,39-,44-,45-,46-,51-,52-/m0/s1. The largest absolute Gasteiger partial charge is 0.417 e. The molecule has 2 heterocycles.